The Morgan fingerprint density at radius 3 is 2.81 bits per heavy atom. The summed E-state index contributed by atoms with van der Waals surface area (Å²) in [5, 5.41) is 10.1. The third-order valence-electron chi connectivity index (χ3n) is 4.33. The van der Waals surface area contributed by atoms with E-state index in [0.29, 0.717) is 36.0 Å². The summed E-state index contributed by atoms with van der Waals surface area (Å²) in [6.07, 6.45) is 1.68. The SMILES string of the molecule is CC(=O)Nc1ccc(-c2nccc(-c3cc4n(n3)CCNC4=O)n2)c(C)c1. The van der Waals surface area contributed by atoms with Crippen molar-refractivity contribution in [2.24, 2.45) is 0 Å². The van der Waals surface area contributed by atoms with Crippen LogP contribution < -0.4 is 10.6 Å². The Kier molecular flexibility index (Phi) is 4.15. The van der Waals surface area contributed by atoms with Gasteiger partial charge >= 0.3 is 0 Å². The molecule has 8 heteroatoms. The number of carbonyl (C=O) groups is 2. The first-order valence-corrected chi connectivity index (χ1v) is 8.59. The van der Waals surface area contributed by atoms with E-state index in [9.17, 15) is 9.59 Å². The standard InChI is InChI=1S/C19H18N6O2/c1-11-9-13(22-12(2)26)3-4-14(11)18-20-6-5-15(23-18)16-10-17-19(27)21-7-8-25(17)24-16/h3-6,9-10H,7-8H2,1-2H3,(H,21,27)(H,22,26). The third-order valence-corrected chi connectivity index (χ3v) is 4.33. The van der Waals surface area contributed by atoms with Crippen molar-refractivity contribution in [3.05, 3.63) is 47.8 Å². The summed E-state index contributed by atoms with van der Waals surface area (Å²) in [5.74, 6) is 0.321. The van der Waals surface area contributed by atoms with Gasteiger partial charge in [0, 0.05) is 30.9 Å². The first-order chi connectivity index (χ1) is 13.0. The lowest BCUT2D eigenvalue weighted by Gasteiger charge is -2.13. The molecule has 1 aliphatic rings. The van der Waals surface area contributed by atoms with E-state index in [0.717, 1.165) is 16.8 Å². The lowest BCUT2D eigenvalue weighted by atomic mass is 10.1. The average Bonchev–Trinajstić information content (AvgIpc) is 3.07. The summed E-state index contributed by atoms with van der Waals surface area (Å²) < 4.78 is 1.70. The highest BCUT2D eigenvalue weighted by Crippen LogP contribution is 2.25. The van der Waals surface area contributed by atoms with Crippen LogP contribution in [0.15, 0.2) is 36.5 Å². The van der Waals surface area contributed by atoms with Crippen LogP contribution in [0.25, 0.3) is 22.8 Å². The summed E-state index contributed by atoms with van der Waals surface area (Å²) >= 11 is 0. The zero-order valence-corrected chi connectivity index (χ0v) is 15.0. The number of aryl methyl sites for hydroxylation is 1. The fraction of sp³-hybridized carbons (Fsp3) is 0.211. The van der Waals surface area contributed by atoms with Crippen LogP contribution in [-0.2, 0) is 11.3 Å². The quantitative estimate of drug-likeness (QED) is 0.742. The minimum Gasteiger partial charge on any atom is -0.349 e. The molecule has 0 saturated carbocycles. The topological polar surface area (TPSA) is 102 Å². The van der Waals surface area contributed by atoms with Crippen molar-refractivity contribution < 1.29 is 9.59 Å². The number of aromatic nitrogens is 4. The molecule has 136 valence electrons. The first-order valence-electron chi connectivity index (χ1n) is 8.59. The second-order valence-electron chi connectivity index (χ2n) is 6.37. The van der Waals surface area contributed by atoms with Gasteiger partial charge in [-0.05, 0) is 42.8 Å². The minimum atomic E-state index is -0.126. The molecule has 0 aliphatic carbocycles. The molecule has 0 unspecified atom stereocenters. The zero-order chi connectivity index (χ0) is 19.0. The highest BCUT2D eigenvalue weighted by Gasteiger charge is 2.20. The minimum absolute atomic E-state index is 0.117. The van der Waals surface area contributed by atoms with E-state index in [-0.39, 0.29) is 11.8 Å². The zero-order valence-electron chi connectivity index (χ0n) is 15.0. The first kappa shape index (κ1) is 16.9. The van der Waals surface area contributed by atoms with Crippen LogP contribution in [0.1, 0.15) is 23.0 Å². The molecule has 1 aromatic carbocycles. The van der Waals surface area contributed by atoms with Gasteiger partial charge in [0.15, 0.2) is 5.82 Å². The van der Waals surface area contributed by atoms with E-state index in [4.69, 9.17) is 0 Å². The van der Waals surface area contributed by atoms with E-state index >= 15 is 0 Å². The van der Waals surface area contributed by atoms with Gasteiger partial charge in [0.05, 0.1) is 12.2 Å². The molecular weight excluding hydrogens is 344 g/mol. The van der Waals surface area contributed by atoms with Crippen molar-refractivity contribution in [2.45, 2.75) is 20.4 Å². The predicted octanol–water partition coefficient (Wildman–Crippen LogP) is 2.02. The van der Waals surface area contributed by atoms with Gasteiger partial charge in [0.2, 0.25) is 5.91 Å². The van der Waals surface area contributed by atoms with Crippen LogP contribution in [0.2, 0.25) is 0 Å². The molecule has 0 atom stereocenters. The van der Waals surface area contributed by atoms with Crippen molar-refractivity contribution in [1.82, 2.24) is 25.1 Å². The number of nitrogens with zero attached hydrogens (tertiary/aromatic N) is 4. The van der Waals surface area contributed by atoms with E-state index in [1.54, 1.807) is 23.0 Å². The Morgan fingerprint density at radius 2 is 2.07 bits per heavy atom. The van der Waals surface area contributed by atoms with Gasteiger partial charge in [-0.3, -0.25) is 14.3 Å². The van der Waals surface area contributed by atoms with Crippen LogP contribution in [0.4, 0.5) is 5.69 Å². The summed E-state index contributed by atoms with van der Waals surface area (Å²) in [7, 11) is 0. The van der Waals surface area contributed by atoms with Crippen molar-refractivity contribution in [1.29, 1.82) is 0 Å². The van der Waals surface area contributed by atoms with Gasteiger partial charge in [0.1, 0.15) is 11.4 Å². The summed E-state index contributed by atoms with van der Waals surface area (Å²) in [4.78, 5) is 32.1. The second kappa shape index (κ2) is 6.64. The Hall–Kier alpha value is -3.55. The maximum absolute atomic E-state index is 11.9. The summed E-state index contributed by atoms with van der Waals surface area (Å²) in [5.41, 5.74) is 4.37. The molecule has 8 nitrogen and oxygen atoms in total. The number of anilines is 1. The lowest BCUT2D eigenvalue weighted by Crippen LogP contribution is -2.35. The number of rotatable bonds is 3. The molecule has 2 amide bonds. The molecule has 2 N–H and O–H groups in total. The van der Waals surface area contributed by atoms with E-state index in [1.807, 2.05) is 25.1 Å². The normalized spacial score (nSPS) is 13.0. The largest absolute Gasteiger partial charge is 0.349 e. The monoisotopic (exact) mass is 362 g/mol. The van der Waals surface area contributed by atoms with Gasteiger partial charge < -0.3 is 10.6 Å². The molecular formula is C19H18N6O2. The smallest absolute Gasteiger partial charge is 0.269 e. The van der Waals surface area contributed by atoms with Crippen LogP contribution in [0, 0.1) is 6.92 Å². The number of fused-ring (bicyclic) bond motifs is 1. The second-order valence-corrected chi connectivity index (χ2v) is 6.37. The van der Waals surface area contributed by atoms with Crippen molar-refractivity contribution in [3.8, 4) is 22.8 Å². The maximum atomic E-state index is 11.9. The summed E-state index contributed by atoms with van der Waals surface area (Å²) in [6.45, 7) is 4.63. The van der Waals surface area contributed by atoms with Gasteiger partial charge in [0.25, 0.3) is 5.91 Å². The number of benzene rings is 1. The average molecular weight is 362 g/mol. The molecule has 0 saturated heterocycles. The molecule has 3 aromatic rings. The Bertz CT molecular complexity index is 1060. The van der Waals surface area contributed by atoms with E-state index in [2.05, 4.69) is 25.7 Å². The van der Waals surface area contributed by atoms with Crippen LogP contribution in [0.5, 0.6) is 0 Å². The number of amides is 2. The third kappa shape index (κ3) is 3.29. The van der Waals surface area contributed by atoms with Gasteiger partial charge in [-0.15, -0.1) is 0 Å². The molecule has 1 aliphatic heterocycles. The van der Waals surface area contributed by atoms with Gasteiger partial charge in [-0.2, -0.15) is 5.10 Å². The molecule has 27 heavy (non-hydrogen) atoms. The van der Waals surface area contributed by atoms with E-state index < -0.39 is 0 Å². The number of hydrogen-bond donors (Lipinski definition) is 2. The fourth-order valence-corrected chi connectivity index (χ4v) is 3.09. The molecule has 0 fully saturated rings. The van der Waals surface area contributed by atoms with Crippen LogP contribution in [-0.4, -0.2) is 38.1 Å². The maximum Gasteiger partial charge on any atom is 0.269 e. The van der Waals surface area contributed by atoms with Crippen molar-refractivity contribution >= 4 is 17.5 Å². The highest BCUT2D eigenvalue weighted by molar-refractivity contribution is 5.94. The molecule has 4 rings (SSSR count). The molecule has 0 radical (unpaired) electrons. The van der Waals surface area contributed by atoms with Crippen molar-refractivity contribution in [2.75, 3.05) is 11.9 Å². The molecule has 0 bridgehead atoms. The molecule has 0 spiro atoms. The van der Waals surface area contributed by atoms with Crippen molar-refractivity contribution in [3.63, 3.8) is 0 Å². The Morgan fingerprint density at radius 1 is 1.22 bits per heavy atom. The number of carbonyl (C=O) groups excluding carboxylic acids is 2. The van der Waals surface area contributed by atoms with Gasteiger partial charge in [-0.1, -0.05) is 0 Å². The molecule has 2 aromatic heterocycles. The lowest BCUT2D eigenvalue weighted by molar-refractivity contribution is -0.114. The number of hydrogen-bond acceptors (Lipinski definition) is 5. The van der Waals surface area contributed by atoms with Gasteiger partial charge in [-0.25, -0.2) is 9.97 Å². The van der Waals surface area contributed by atoms with E-state index in [1.165, 1.54) is 6.92 Å². The highest BCUT2D eigenvalue weighted by atomic mass is 16.2. The van der Waals surface area contributed by atoms with Crippen LogP contribution >= 0.6 is 0 Å². The van der Waals surface area contributed by atoms with Crippen LogP contribution in [0.3, 0.4) is 0 Å². The Balaban J connectivity index is 1.69. The fourth-order valence-electron chi connectivity index (χ4n) is 3.09. The number of nitrogens with one attached hydrogen (secondary N) is 2. The Labute approximate surface area is 155 Å². The predicted molar refractivity (Wildman–Crippen MR) is 100 cm³/mol. The molecule has 3 heterocycles. The summed E-state index contributed by atoms with van der Waals surface area (Å²) in [6, 6.07) is 9.10.